The number of nitrogens with two attached hydrogens (primary N) is 1. The smallest absolute Gasteiger partial charge is 0.289 e. The average Bonchev–Trinajstić information content (AvgIpc) is 4.14. The van der Waals surface area contributed by atoms with Crippen LogP contribution in [0.25, 0.3) is 22.0 Å². The van der Waals surface area contributed by atoms with E-state index in [1.807, 2.05) is 0 Å². The molecule has 0 spiro atoms. The Labute approximate surface area is 376 Å². The predicted octanol–water partition coefficient (Wildman–Crippen LogP) is 7.54. The number of benzene rings is 2. The third kappa shape index (κ3) is 9.60. The van der Waals surface area contributed by atoms with E-state index in [1.165, 1.54) is 6.07 Å². The minimum absolute atomic E-state index is 0.0419. The highest BCUT2D eigenvalue weighted by Crippen LogP contribution is 2.44. The standard InChI is InChI=1S/C43H46ClF6N7O6S2/c1-42(2,64(59,60)27-4-5-27)13-11-25-3-8-29(30-9-10-32(44)35-38(30)57(26-20-63-21-26)55-41(35)56-65(61,62)28-6-7-28)37(53-25)33(17-22-15-23(45)18-24(46)16-22)54-34(58)19-52-39-31(36(51)40(47)48)12-14-43(39,49)50/h3,8-10,15-16,18,26-28,33,40H,4-7,11-14,17,19-21,51H2,1-2H3,(H,54,58)(H,55,56)/t33-/m0/s1. The van der Waals surface area contributed by atoms with E-state index < -0.39 is 107 Å². The Morgan fingerprint density at radius 1 is 1.02 bits per heavy atom. The third-order valence-electron chi connectivity index (χ3n) is 12.3. The van der Waals surface area contributed by atoms with E-state index in [4.69, 9.17) is 27.1 Å². The van der Waals surface area contributed by atoms with Gasteiger partial charge in [0, 0.05) is 34.9 Å². The number of rotatable bonds is 17. The highest BCUT2D eigenvalue weighted by atomic mass is 35.5. The number of hydrogen-bond donors (Lipinski definition) is 3. The summed E-state index contributed by atoms with van der Waals surface area (Å²) in [5.74, 6) is -6.59. The first kappa shape index (κ1) is 46.8. The van der Waals surface area contributed by atoms with Gasteiger partial charge in [-0.25, -0.2) is 34.4 Å². The normalized spacial score (nSPS) is 20.1. The number of aryl methyl sites for hydroxylation is 1. The SMILES string of the molecule is CC(C)(CCc1ccc(-c2ccc(Cl)c3c(NS(=O)(=O)C4CC4)nn(C4COC4)c23)c([C@H](Cc2cc(F)cc(F)c2)NC(=O)CN=C2C(=C(N)C(F)F)CCC2(F)F)n1)S(=O)(=O)C1CC1. The highest BCUT2D eigenvalue weighted by Gasteiger charge is 2.47. The molecular formula is C43H46ClF6N7O6S2. The van der Waals surface area contributed by atoms with Crippen molar-refractivity contribution in [3.63, 3.8) is 0 Å². The maximum absolute atomic E-state index is 15.0. The van der Waals surface area contributed by atoms with Gasteiger partial charge in [-0.3, -0.25) is 24.2 Å². The molecule has 3 aliphatic carbocycles. The van der Waals surface area contributed by atoms with Crippen LogP contribution in [0.3, 0.4) is 0 Å². The van der Waals surface area contributed by atoms with Gasteiger partial charge in [-0.1, -0.05) is 23.7 Å². The summed E-state index contributed by atoms with van der Waals surface area (Å²) in [6.07, 6.45) is -2.65. The Balaban J connectivity index is 1.27. The number of carbonyl (C=O) groups excluding carboxylic acids is 1. The number of halogens is 7. The molecule has 4 fully saturated rings. The van der Waals surface area contributed by atoms with Crippen molar-refractivity contribution >= 4 is 59.8 Å². The Kier molecular flexibility index (Phi) is 12.6. The lowest BCUT2D eigenvalue weighted by atomic mass is 9.93. The minimum atomic E-state index is -3.86. The first-order valence-corrected chi connectivity index (χ1v) is 24.5. The third-order valence-corrected chi connectivity index (χ3v) is 17.5. The Morgan fingerprint density at radius 2 is 1.68 bits per heavy atom. The van der Waals surface area contributed by atoms with Gasteiger partial charge >= 0.3 is 0 Å². The van der Waals surface area contributed by atoms with Gasteiger partial charge in [-0.15, -0.1) is 0 Å². The molecule has 0 bridgehead atoms. The fraction of sp³-hybridized carbons (Fsp3) is 0.488. The molecule has 1 amide bonds. The van der Waals surface area contributed by atoms with Crippen molar-refractivity contribution in [1.82, 2.24) is 20.1 Å². The fourth-order valence-electron chi connectivity index (χ4n) is 8.24. The number of aliphatic imine (C=N–C) groups is 1. The molecule has 2 aromatic carbocycles. The number of anilines is 1. The van der Waals surface area contributed by atoms with E-state index in [2.05, 4.69) is 20.1 Å². The first-order valence-electron chi connectivity index (χ1n) is 21.0. The van der Waals surface area contributed by atoms with E-state index in [0.717, 1.165) is 12.1 Å². The summed E-state index contributed by atoms with van der Waals surface area (Å²) in [7, 11) is -7.38. The number of amides is 1. The number of nitrogens with zero attached hydrogens (tertiary/aromatic N) is 4. The van der Waals surface area contributed by atoms with Crippen LogP contribution in [-0.4, -0.2) is 90.6 Å². The summed E-state index contributed by atoms with van der Waals surface area (Å²) < 4.78 is 149. The quantitative estimate of drug-likeness (QED) is 0.0899. The van der Waals surface area contributed by atoms with Crippen molar-refractivity contribution in [2.45, 2.75) is 111 Å². The number of sulfonamides is 1. The van der Waals surface area contributed by atoms with Crippen molar-refractivity contribution in [3.8, 4) is 11.1 Å². The van der Waals surface area contributed by atoms with Gasteiger partial charge in [-0.05, 0) is 95.0 Å². The number of nitrogens with one attached hydrogen (secondary N) is 2. The van der Waals surface area contributed by atoms with E-state index in [0.29, 0.717) is 54.1 Å². The number of alkyl halides is 4. The van der Waals surface area contributed by atoms with Gasteiger partial charge in [0.05, 0.1) is 67.9 Å². The maximum atomic E-state index is 15.0. The van der Waals surface area contributed by atoms with Crippen LogP contribution in [-0.2, 0) is 42.2 Å². The van der Waals surface area contributed by atoms with Crippen LogP contribution in [0.4, 0.5) is 32.2 Å². The molecule has 3 heterocycles. The second-order valence-electron chi connectivity index (χ2n) is 17.6. The zero-order valence-electron chi connectivity index (χ0n) is 35.2. The molecule has 4 aliphatic rings. The largest absolute Gasteiger partial charge is 0.397 e. The lowest BCUT2D eigenvalue weighted by Gasteiger charge is -2.28. The maximum Gasteiger partial charge on any atom is 0.289 e. The van der Waals surface area contributed by atoms with Crippen LogP contribution in [0.5, 0.6) is 0 Å². The van der Waals surface area contributed by atoms with Gasteiger partial charge in [0.1, 0.15) is 23.9 Å². The number of pyridine rings is 1. The zero-order valence-corrected chi connectivity index (χ0v) is 37.6. The molecule has 13 nitrogen and oxygen atoms in total. The fourth-order valence-corrected chi connectivity index (χ4v) is 11.9. The molecular weight excluding hydrogens is 924 g/mol. The van der Waals surface area contributed by atoms with Crippen LogP contribution in [0, 0.1) is 11.6 Å². The second-order valence-corrected chi connectivity index (χ2v) is 22.8. The lowest BCUT2D eigenvalue weighted by Crippen LogP contribution is -2.35. The molecule has 1 atom stereocenters. The van der Waals surface area contributed by atoms with Crippen LogP contribution in [0.2, 0.25) is 5.02 Å². The molecule has 65 heavy (non-hydrogen) atoms. The van der Waals surface area contributed by atoms with E-state index >= 15 is 8.78 Å². The topological polar surface area (TPSA) is 188 Å². The Morgan fingerprint density at radius 3 is 2.29 bits per heavy atom. The van der Waals surface area contributed by atoms with Crippen LogP contribution >= 0.6 is 11.6 Å². The highest BCUT2D eigenvalue weighted by molar-refractivity contribution is 7.93. The second kappa shape index (κ2) is 17.5. The minimum Gasteiger partial charge on any atom is -0.397 e. The van der Waals surface area contributed by atoms with Crippen LogP contribution < -0.4 is 15.8 Å². The molecule has 4 aromatic rings. The van der Waals surface area contributed by atoms with Crippen molar-refractivity contribution in [3.05, 3.63) is 87.3 Å². The lowest BCUT2D eigenvalue weighted by molar-refractivity contribution is -0.120. The Bertz CT molecular complexity index is 2830. The van der Waals surface area contributed by atoms with Gasteiger partial charge in [-0.2, -0.15) is 13.9 Å². The summed E-state index contributed by atoms with van der Waals surface area (Å²) in [4.78, 5) is 22.7. The van der Waals surface area contributed by atoms with Crippen molar-refractivity contribution in [2.24, 2.45) is 10.7 Å². The number of sulfone groups is 1. The molecule has 350 valence electrons. The molecule has 4 N–H and O–H groups in total. The number of aromatic nitrogens is 3. The molecule has 22 heteroatoms. The average molecular weight is 970 g/mol. The first-order chi connectivity index (χ1) is 30.6. The van der Waals surface area contributed by atoms with Crippen molar-refractivity contribution < 1.29 is 52.7 Å². The summed E-state index contributed by atoms with van der Waals surface area (Å²) in [6, 6.07) is 7.46. The summed E-state index contributed by atoms with van der Waals surface area (Å²) in [6.45, 7) is 2.70. The monoisotopic (exact) mass is 969 g/mol. The molecule has 2 aromatic heterocycles. The number of carbonyl (C=O) groups is 1. The summed E-state index contributed by atoms with van der Waals surface area (Å²) in [5.41, 5.74) is 4.27. The number of ether oxygens (including phenoxy) is 1. The van der Waals surface area contributed by atoms with Crippen molar-refractivity contribution in [1.29, 1.82) is 0 Å². The molecule has 8 rings (SSSR count). The zero-order chi connectivity index (χ0) is 46.8. The number of allylic oxidation sites excluding steroid dienone is 2. The molecule has 1 saturated heterocycles. The van der Waals surface area contributed by atoms with E-state index in [1.54, 1.807) is 36.7 Å². The molecule has 0 radical (unpaired) electrons. The van der Waals surface area contributed by atoms with Gasteiger partial charge in [0.2, 0.25) is 15.9 Å². The van der Waals surface area contributed by atoms with Crippen LogP contribution in [0.1, 0.15) is 87.8 Å². The van der Waals surface area contributed by atoms with Crippen LogP contribution in [0.15, 0.2) is 58.7 Å². The Hall–Kier alpha value is -4.73. The van der Waals surface area contributed by atoms with Gasteiger partial charge in [0.25, 0.3) is 12.3 Å². The summed E-state index contributed by atoms with van der Waals surface area (Å²) >= 11 is 6.83. The number of hydrogen-bond acceptors (Lipinski definition) is 10. The summed E-state index contributed by atoms with van der Waals surface area (Å²) in [5, 5.41) is 6.71. The molecule has 1 aliphatic heterocycles. The number of fused-ring (bicyclic) bond motifs is 1. The molecule has 0 unspecified atom stereocenters. The van der Waals surface area contributed by atoms with Gasteiger partial charge < -0.3 is 15.8 Å². The predicted molar refractivity (Wildman–Crippen MR) is 232 cm³/mol. The van der Waals surface area contributed by atoms with Gasteiger partial charge in [0.15, 0.2) is 15.7 Å². The van der Waals surface area contributed by atoms with E-state index in [9.17, 15) is 39.2 Å². The van der Waals surface area contributed by atoms with Crippen molar-refractivity contribution in [2.75, 3.05) is 24.5 Å². The van der Waals surface area contributed by atoms with E-state index in [-0.39, 0.29) is 66.0 Å². The molecule has 3 saturated carbocycles.